The number of aromatic nitrogens is 4. The second-order valence-electron chi connectivity index (χ2n) is 15.0. The molecule has 0 saturated carbocycles. The molecule has 0 aliphatic carbocycles. The Balaban J connectivity index is 1.06. The summed E-state index contributed by atoms with van der Waals surface area (Å²) in [5.41, 5.74) is 5.86. The molecule has 274 valence electrons. The Bertz CT molecular complexity index is 3370. The maximum Gasteiger partial charge on any atom is 0.183 e. The van der Waals surface area contributed by atoms with Gasteiger partial charge in [-0.15, -0.1) is 0 Å². The lowest BCUT2D eigenvalue weighted by Gasteiger charge is -2.39. The fourth-order valence-corrected chi connectivity index (χ4v) is 16.6. The van der Waals surface area contributed by atoms with E-state index in [2.05, 4.69) is 143 Å². The van der Waals surface area contributed by atoms with E-state index >= 15 is 4.39 Å². The molecule has 0 N–H and O–H groups in total. The van der Waals surface area contributed by atoms with E-state index in [1.165, 1.54) is 30.5 Å². The Morgan fingerprint density at radius 3 is 2.03 bits per heavy atom. The highest BCUT2D eigenvalue weighted by Crippen LogP contribution is 2.42. The molecule has 1 unspecified atom stereocenters. The van der Waals surface area contributed by atoms with Crippen molar-refractivity contribution in [1.29, 1.82) is 0 Å². The highest BCUT2D eigenvalue weighted by atomic mass is 32.2. The van der Waals surface area contributed by atoms with Gasteiger partial charge in [-0.05, 0) is 73.7 Å². The number of hydrogen-bond donors (Lipinski definition) is 0. The Morgan fingerprint density at radius 1 is 0.534 bits per heavy atom. The van der Waals surface area contributed by atoms with Gasteiger partial charge in [0.1, 0.15) is 11.3 Å². The van der Waals surface area contributed by atoms with Crippen molar-refractivity contribution < 1.29 is 4.39 Å². The second kappa shape index (κ2) is 12.9. The number of pyridine rings is 2. The van der Waals surface area contributed by atoms with Crippen LogP contribution >= 0.6 is 11.8 Å². The zero-order valence-electron chi connectivity index (χ0n) is 31.1. The first-order chi connectivity index (χ1) is 28.7. The van der Waals surface area contributed by atoms with Crippen LogP contribution in [0.4, 0.5) is 4.39 Å². The zero-order chi connectivity index (χ0) is 38.4. The number of hydrogen-bond acceptors (Lipinski definition) is 3. The molecule has 4 aromatic heterocycles. The summed E-state index contributed by atoms with van der Waals surface area (Å²) >= 11 is 1.85. The molecule has 0 fully saturated rings. The van der Waals surface area contributed by atoms with Crippen LogP contribution in [-0.4, -0.2) is 27.0 Å². The van der Waals surface area contributed by atoms with Crippen molar-refractivity contribution in [3.05, 3.63) is 206 Å². The van der Waals surface area contributed by atoms with Crippen molar-refractivity contribution in [2.75, 3.05) is 0 Å². The lowest BCUT2D eigenvalue weighted by atomic mass is 9.98. The van der Waals surface area contributed by atoms with Gasteiger partial charge in [0.15, 0.2) is 14.2 Å². The van der Waals surface area contributed by atoms with E-state index < -0.39 is 14.2 Å². The van der Waals surface area contributed by atoms with Crippen LogP contribution in [0.1, 0.15) is 17.3 Å². The summed E-state index contributed by atoms with van der Waals surface area (Å²) in [5.74, 6) is 0. The van der Waals surface area contributed by atoms with Gasteiger partial charge in [-0.3, -0.25) is 8.97 Å². The molecule has 7 heteroatoms. The van der Waals surface area contributed by atoms with E-state index in [1.54, 1.807) is 0 Å². The number of fused-ring (bicyclic) bond motifs is 12. The standard InChI is InChI=1S/C51H33FN4SSi/c52-48(34-26-27-38-39-20-7-9-22-42(39)55-29-28-53-50(55)41(38)31-34)33-14-13-15-35(30-33)56-43-23-10-8-21-40(43)47-49-46(32-54-51(47)56)58(36-16-3-1-4-17-36,37-18-5-2-6-19-37)45-25-12-11-24-44(45)57-49/h1-32,48H. The third-order valence-corrected chi connectivity index (χ3v) is 18.4. The van der Waals surface area contributed by atoms with Gasteiger partial charge in [-0.25, -0.2) is 14.4 Å². The van der Waals surface area contributed by atoms with E-state index in [9.17, 15) is 0 Å². The van der Waals surface area contributed by atoms with Gasteiger partial charge >= 0.3 is 0 Å². The summed E-state index contributed by atoms with van der Waals surface area (Å²) in [5, 5.41) is 10.7. The number of alkyl halides is 1. The molecule has 1 aliphatic heterocycles. The molecule has 0 bridgehead atoms. The third kappa shape index (κ3) is 4.68. The van der Waals surface area contributed by atoms with Crippen LogP contribution in [0.2, 0.25) is 0 Å². The average molecular weight is 781 g/mol. The van der Waals surface area contributed by atoms with E-state index in [0.29, 0.717) is 11.1 Å². The predicted octanol–water partition coefficient (Wildman–Crippen LogP) is 10.0. The number of halogens is 1. The quantitative estimate of drug-likeness (QED) is 0.129. The van der Waals surface area contributed by atoms with Crippen LogP contribution in [0.3, 0.4) is 0 Å². The van der Waals surface area contributed by atoms with E-state index in [4.69, 9.17) is 9.97 Å². The van der Waals surface area contributed by atoms with Gasteiger partial charge in [0.2, 0.25) is 0 Å². The topological polar surface area (TPSA) is 35.1 Å². The summed E-state index contributed by atoms with van der Waals surface area (Å²) in [6, 6.07) is 61.7. The Labute approximate surface area is 338 Å². The Hall–Kier alpha value is -6.80. The molecule has 5 heterocycles. The SMILES string of the molecule is FC(c1cccc(-n2c3ccccc3c3c4c(cnc32)[Si](c2ccccc2)(c2ccccc2)c2ccccc2S4)c1)c1ccc2c3ccccc3n3ccnc3c2c1. The van der Waals surface area contributed by atoms with Crippen LogP contribution in [0.15, 0.2) is 204 Å². The molecule has 0 saturated heterocycles. The fourth-order valence-electron chi connectivity index (χ4n) is 9.57. The first-order valence-corrected chi connectivity index (χ1v) is 22.3. The van der Waals surface area contributed by atoms with Crippen molar-refractivity contribution in [3.63, 3.8) is 0 Å². The summed E-state index contributed by atoms with van der Waals surface area (Å²) in [4.78, 5) is 12.6. The first kappa shape index (κ1) is 33.3. The molecular weight excluding hydrogens is 748 g/mol. The minimum Gasteiger partial charge on any atom is -0.299 e. The van der Waals surface area contributed by atoms with Gasteiger partial charge in [0, 0.05) is 55.6 Å². The molecule has 7 aromatic carbocycles. The van der Waals surface area contributed by atoms with Crippen molar-refractivity contribution in [2.45, 2.75) is 16.0 Å². The van der Waals surface area contributed by atoms with Crippen molar-refractivity contribution in [2.24, 2.45) is 0 Å². The zero-order valence-corrected chi connectivity index (χ0v) is 32.9. The second-order valence-corrected chi connectivity index (χ2v) is 19.8. The van der Waals surface area contributed by atoms with Crippen molar-refractivity contribution in [3.8, 4) is 5.69 Å². The highest BCUT2D eigenvalue weighted by Gasteiger charge is 2.48. The van der Waals surface area contributed by atoms with E-state index in [-0.39, 0.29) is 0 Å². The number of nitrogens with zero attached hydrogens (tertiary/aromatic N) is 4. The molecular formula is C51H33FN4SSi. The Kier molecular flexibility index (Phi) is 7.39. The summed E-state index contributed by atoms with van der Waals surface area (Å²) < 4.78 is 21.3. The molecule has 58 heavy (non-hydrogen) atoms. The normalized spacial score (nSPS) is 13.9. The first-order valence-electron chi connectivity index (χ1n) is 19.5. The van der Waals surface area contributed by atoms with Crippen LogP contribution in [0.5, 0.6) is 0 Å². The monoisotopic (exact) mass is 780 g/mol. The van der Waals surface area contributed by atoms with E-state index in [1.807, 2.05) is 72.7 Å². The van der Waals surface area contributed by atoms with Crippen LogP contribution in [0.25, 0.3) is 54.9 Å². The number of imidazole rings is 1. The smallest absolute Gasteiger partial charge is 0.183 e. The van der Waals surface area contributed by atoms with Crippen LogP contribution in [-0.2, 0) is 0 Å². The number of rotatable bonds is 5. The van der Waals surface area contributed by atoms with Gasteiger partial charge in [0.05, 0.1) is 11.0 Å². The molecule has 12 rings (SSSR count). The fraction of sp³-hybridized carbons (Fsp3) is 0.0196. The van der Waals surface area contributed by atoms with Gasteiger partial charge in [-0.2, -0.15) is 0 Å². The maximum atomic E-state index is 17.0. The van der Waals surface area contributed by atoms with Crippen molar-refractivity contribution >= 4 is 89.8 Å². The molecule has 0 radical (unpaired) electrons. The maximum absolute atomic E-state index is 17.0. The third-order valence-electron chi connectivity index (χ3n) is 12.1. The molecule has 11 aromatic rings. The van der Waals surface area contributed by atoms with Crippen LogP contribution < -0.4 is 20.7 Å². The van der Waals surface area contributed by atoms with Gasteiger partial charge < -0.3 is 0 Å². The summed E-state index contributed by atoms with van der Waals surface area (Å²) in [7, 11) is -2.81. The minimum atomic E-state index is -2.81. The molecule has 4 nitrogen and oxygen atoms in total. The molecule has 0 amide bonds. The largest absolute Gasteiger partial charge is 0.299 e. The predicted molar refractivity (Wildman–Crippen MR) is 239 cm³/mol. The molecule has 1 aliphatic rings. The number of para-hydroxylation sites is 2. The van der Waals surface area contributed by atoms with E-state index in [0.717, 1.165) is 54.9 Å². The lowest BCUT2D eigenvalue weighted by molar-refractivity contribution is 0.402. The Morgan fingerprint density at radius 2 is 1.22 bits per heavy atom. The van der Waals surface area contributed by atoms with Crippen molar-refractivity contribution in [1.82, 2.24) is 18.9 Å². The molecule has 0 spiro atoms. The minimum absolute atomic E-state index is 0.587. The van der Waals surface area contributed by atoms with Crippen LogP contribution in [0, 0.1) is 0 Å². The van der Waals surface area contributed by atoms with Gasteiger partial charge in [0.25, 0.3) is 0 Å². The van der Waals surface area contributed by atoms with Gasteiger partial charge in [-0.1, -0.05) is 151 Å². The lowest BCUT2D eigenvalue weighted by Crippen LogP contribution is -2.76. The summed E-state index contributed by atoms with van der Waals surface area (Å²) in [6.45, 7) is 0. The molecule has 1 atom stereocenters. The summed E-state index contributed by atoms with van der Waals surface area (Å²) in [6.07, 6.45) is 4.58. The highest BCUT2D eigenvalue weighted by molar-refractivity contribution is 8.00. The average Bonchev–Trinajstić information content (AvgIpc) is 3.93. The number of benzene rings is 7.